The number of carbonyl (C=O) groups is 1. The second-order valence-electron chi connectivity index (χ2n) is 4.47. The van der Waals surface area contributed by atoms with Crippen molar-refractivity contribution in [2.24, 2.45) is 0 Å². The SMILES string of the molecule is COc1ccc(C(=O)C[C@H]2OCCC[C@@H]2O)cc1. The van der Waals surface area contributed by atoms with Crippen LogP contribution in [0.3, 0.4) is 0 Å². The van der Waals surface area contributed by atoms with Crippen LogP contribution in [0.15, 0.2) is 24.3 Å². The lowest BCUT2D eigenvalue weighted by atomic mass is 9.98. The molecule has 98 valence electrons. The van der Waals surface area contributed by atoms with Gasteiger partial charge in [-0.1, -0.05) is 0 Å². The Morgan fingerprint density at radius 3 is 2.78 bits per heavy atom. The highest BCUT2D eigenvalue weighted by Gasteiger charge is 2.26. The highest BCUT2D eigenvalue weighted by Crippen LogP contribution is 2.20. The summed E-state index contributed by atoms with van der Waals surface area (Å²) < 4.78 is 10.5. The Hall–Kier alpha value is -1.39. The first-order valence-electron chi connectivity index (χ1n) is 6.17. The molecule has 0 radical (unpaired) electrons. The molecule has 0 unspecified atom stereocenters. The van der Waals surface area contributed by atoms with Gasteiger partial charge in [0.2, 0.25) is 0 Å². The third kappa shape index (κ3) is 3.09. The lowest BCUT2D eigenvalue weighted by Gasteiger charge is -2.27. The summed E-state index contributed by atoms with van der Waals surface area (Å²) >= 11 is 0. The monoisotopic (exact) mass is 250 g/mol. The number of benzene rings is 1. The number of ether oxygens (including phenoxy) is 2. The molecular weight excluding hydrogens is 232 g/mol. The predicted molar refractivity (Wildman–Crippen MR) is 66.9 cm³/mol. The topological polar surface area (TPSA) is 55.8 Å². The number of Topliss-reactive ketones (excluding diaryl/α,β-unsaturated/α-hetero) is 1. The van der Waals surface area contributed by atoms with E-state index in [4.69, 9.17) is 9.47 Å². The van der Waals surface area contributed by atoms with Crippen molar-refractivity contribution in [1.29, 1.82) is 0 Å². The van der Waals surface area contributed by atoms with Gasteiger partial charge in [-0.15, -0.1) is 0 Å². The molecule has 1 fully saturated rings. The maximum atomic E-state index is 12.0. The summed E-state index contributed by atoms with van der Waals surface area (Å²) in [6.07, 6.45) is 0.900. The Morgan fingerprint density at radius 2 is 2.17 bits per heavy atom. The van der Waals surface area contributed by atoms with Crippen LogP contribution >= 0.6 is 0 Å². The number of ketones is 1. The van der Waals surface area contributed by atoms with Crippen LogP contribution in [-0.2, 0) is 4.74 Å². The summed E-state index contributed by atoms with van der Waals surface area (Å²) in [6.45, 7) is 0.623. The van der Waals surface area contributed by atoms with Gasteiger partial charge in [-0.2, -0.15) is 0 Å². The van der Waals surface area contributed by atoms with Crippen LogP contribution in [0.25, 0.3) is 0 Å². The Labute approximate surface area is 107 Å². The number of methoxy groups -OCH3 is 1. The summed E-state index contributed by atoms with van der Waals surface area (Å²) in [6, 6.07) is 6.98. The van der Waals surface area contributed by atoms with Crippen molar-refractivity contribution < 1.29 is 19.4 Å². The number of hydrogen-bond acceptors (Lipinski definition) is 4. The fourth-order valence-electron chi connectivity index (χ4n) is 2.10. The highest BCUT2D eigenvalue weighted by molar-refractivity contribution is 5.96. The maximum absolute atomic E-state index is 12.0. The van der Waals surface area contributed by atoms with Crippen molar-refractivity contribution in [3.05, 3.63) is 29.8 Å². The summed E-state index contributed by atoms with van der Waals surface area (Å²) in [5.41, 5.74) is 0.622. The van der Waals surface area contributed by atoms with Gasteiger partial charge in [0.25, 0.3) is 0 Å². The van der Waals surface area contributed by atoms with E-state index in [1.807, 2.05) is 0 Å². The first kappa shape index (κ1) is 13.1. The molecule has 0 spiro atoms. The summed E-state index contributed by atoms with van der Waals surface area (Å²) in [5.74, 6) is 0.712. The van der Waals surface area contributed by atoms with Crippen LogP contribution in [-0.4, -0.2) is 36.8 Å². The van der Waals surface area contributed by atoms with E-state index in [1.165, 1.54) is 0 Å². The van der Waals surface area contributed by atoms with Gasteiger partial charge in [0, 0.05) is 18.6 Å². The number of aliphatic hydroxyl groups excluding tert-OH is 1. The van der Waals surface area contributed by atoms with Crippen molar-refractivity contribution in [2.45, 2.75) is 31.5 Å². The van der Waals surface area contributed by atoms with Gasteiger partial charge in [0.05, 0.1) is 19.3 Å². The highest BCUT2D eigenvalue weighted by atomic mass is 16.5. The second kappa shape index (κ2) is 5.98. The minimum Gasteiger partial charge on any atom is -0.497 e. The molecule has 0 bridgehead atoms. The van der Waals surface area contributed by atoms with Crippen molar-refractivity contribution in [3.8, 4) is 5.75 Å². The Bertz CT molecular complexity index is 399. The molecule has 4 nitrogen and oxygen atoms in total. The third-order valence-electron chi connectivity index (χ3n) is 3.20. The van der Waals surface area contributed by atoms with Crippen LogP contribution in [0.2, 0.25) is 0 Å². The first-order valence-corrected chi connectivity index (χ1v) is 6.17. The van der Waals surface area contributed by atoms with Gasteiger partial charge in [-0.05, 0) is 37.1 Å². The summed E-state index contributed by atoms with van der Waals surface area (Å²) in [5, 5.41) is 9.75. The van der Waals surface area contributed by atoms with Gasteiger partial charge in [-0.25, -0.2) is 0 Å². The Kier molecular flexibility index (Phi) is 4.33. The zero-order valence-electron chi connectivity index (χ0n) is 10.5. The summed E-state index contributed by atoms with van der Waals surface area (Å²) in [4.78, 5) is 12.0. The summed E-state index contributed by atoms with van der Waals surface area (Å²) in [7, 11) is 1.59. The number of rotatable bonds is 4. The van der Waals surface area contributed by atoms with Crippen LogP contribution in [0.4, 0.5) is 0 Å². The molecule has 1 aromatic rings. The molecule has 1 heterocycles. The maximum Gasteiger partial charge on any atom is 0.165 e. The molecule has 1 aliphatic rings. The molecule has 1 saturated heterocycles. The molecule has 1 N–H and O–H groups in total. The molecule has 0 saturated carbocycles. The molecule has 2 atom stereocenters. The van der Waals surface area contributed by atoms with Crippen molar-refractivity contribution in [3.63, 3.8) is 0 Å². The van der Waals surface area contributed by atoms with E-state index in [2.05, 4.69) is 0 Å². The van der Waals surface area contributed by atoms with Gasteiger partial charge in [-0.3, -0.25) is 4.79 Å². The molecule has 4 heteroatoms. The van der Waals surface area contributed by atoms with E-state index in [9.17, 15) is 9.90 Å². The lowest BCUT2D eigenvalue weighted by molar-refractivity contribution is -0.0724. The fraction of sp³-hybridized carbons (Fsp3) is 0.500. The van der Waals surface area contributed by atoms with Crippen LogP contribution in [0.5, 0.6) is 5.75 Å². The molecule has 0 aliphatic carbocycles. The van der Waals surface area contributed by atoms with E-state index >= 15 is 0 Å². The average molecular weight is 250 g/mol. The minimum absolute atomic E-state index is 0.0106. The molecule has 18 heavy (non-hydrogen) atoms. The van der Waals surface area contributed by atoms with Crippen LogP contribution in [0.1, 0.15) is 29.6 Å². The molecule has 2 rings (SSSR count). The normalized spacial score (nSPS) is 23.7. The number of hydrogen-bond donors (Lipinski definition) is 1. The van der Waals surface area contributed by atoms with E-state index in [1.54, 1.807) is 31.4 Å². The van der Waals surface area contributed by atoms with Gasteiger partial charge in [0.15, 0.2) is 5.78 Å². The number of carbonyl (C=O) groups excluding carboxylic acids is 1. The minimum atomic E-state index is -0.527. The van der Waals surface area contributed by atoms with Crippen molar-refractivity contribution in [1.82, 2.24) is 0 Å². The van der Waals surface area contributed by atoms with Crippen molar-refractivity contribution in [2.75, 3.05) is 13.7 Å². The first-order chi connectivity index (χ1) is 8.70. The zero-order chi connectivity index (χ0) is 13.0. The standard InChI is InChI=1S/C14H18O4/c1-17-11-6-4-10(5-7-11)13(16)9-14-12(15)3-2-8-18-14/h4-7,12,14-15H,2-3,8-9H2,1H3/t12-,14+/m0/s1. The smallest absolute Gasteiger partial charge is 0.165 e. The predicted octanol–water partition coefficient (Wildman–Crippen LogP) is 1.81. The Balaban J connectivity index is 1.97. The molecular formula is C14H18O4. The Morgan fingerprint density at radius 1 is 1.44 bits per heavy atom. The molecule has 0 amide bonds. The van der Waals surface area contributed by atoms with E-state index in [0.29, 0.717) is 18.6 Å². The quantitative estimate of drug-likeness (QED) is 0.828. The van der Waals surface area contributed by atoms with Gasteiger partial charge >= 0.3 is 0 Å². The zero-order valence-corrected chi connectivity index (χ0v) is 10.5. The molecule has 0 aromatic heterocycles. The van der Waals surface area contributed by atoms with E-state index in [0.717, 1.165) is 12.2 Å². The lowest BCUT2D eigenvalue weighted by Crippen LogP contribution is -2.35. The fourth-order valence-corrected chi connectivity index (χ4v) is 2.10. The second-order valence-corrected chi connectivity index (χ2v) is 4.47. The number of aliphatic hydroxyl groups is 1. The van der Waals surface area contributed by atoms with Crippen LogP contribution < -0.4 is 4.74 Å². The van der Waals surface area contributed by atoms with Crippen LogP contribution in [0, 0.1) is 0 Å². The van der Waals surface area contributed by atoms with E-state index in [-0.39, 0.29) is 18.3 Å². The van der Waals surface area contributed by atoms with Crippen molar-refractivity contribution >= 4 is 5.78 Å². The van der Waals surface area contributed by atoms with E-state index < -0.39 is 6.10 Å². The third-order valence-corrected chi connectivity index (χ3v) is 3.20. The molecule has 1 aliphatic heterocycles. The molecule has 1 aromatic carbocycles. The largest absolute Gasteiger partial charge is 0.497 e. The van der Waals surface area contributed by atoms with Gasteiger partial charge in [0.1, 0.15) is 5.75 Å². The average Bonchev–Trinajstić information content (AvgIpc) is 2.41. The van der Waals surface area contributed by atoms with Gasteiger partial charge < -0.3 is 14.6 Å².